The molecule has 0 radical (unpaired) electrons. The van der Waals surface area contributed by atoms with Crippen LogP contribution in [-0.4, -0.2) is 59.0 Å². The van der Waals surface area contributed by atoms with Gasteiger partial charge in [0.25, 0.3) is 11.8 Å². The maximum Gasteiger partial charge on any atom is 0.278 e. The van der Waals surface area contributed by atoms with Crippen molar-refractivity contribution in [3.05, 3.63) is 64.5 Å². The van der Waals surface area contributed by atoms with Gasteiger partial charge in [-0.25, -0.2) is 22.2 Å². The summed E-state index contributed by atoms with van der Waals surface area (Å²) >= 11 is 0. The topological polar surface area (TPSA) is 156 Å². The summed E-state index contributed by atoms with van der Waals surface area (Å²) in [6.07, 6.45) is 2.90. The first kappa shape index (κ1) is 27.8. The molecular weight excluding hydrogens is 570 g/mol. The molecule has 1 fully saturated rings. The quantitative estimate of drug-likeness (QED) is 0.440. The summed E-state index contributed by atoms with van der Waals surface area (Å²) in [5, 5.41) is 19.7. The van der Waals surface area contributed by atoms with Gasteiger partial charge in [0.05, 0.1) is 34.2 Å². The van der Waals surface area contributed by atoms with Crippen LogP contribution in [0.1, 0.15) is 52.5 Å². The van der Waals surface area contributed by atoms with Gasteiger partial charge in [-0.15, -0.1) is 0 Å². The summed E-state index contributed by atoms with van der Waals surface area (Å²) < 4.78 is 57.2. The number of nitriles is 1. The number of aryl methyl sites for hydroxylation is 1. The second kappa shape index (κ2) is 9.87. The van der Waals surface area contributed by atoms with E-state index >= 15 is 0 Å². The zero-order valence-electron chi connectivity index (χ0n) is 22.5. The van der Waals surface area contributed by atoms with E-state index in [0.717, 1.165) is 18.1 Å². The first-order valence-electron chi connectivity index (χ1n) is 13.3. The molecule has 2 N–H and O–H groups in total. The van der Waals surface area contributed by atoms with Gasteiger partial charge in [-0.1, -0.05) is 6.07 Å². The monoisotopic (exact) mass is 596 g/mol. The molecule has 2 amide bonds. The number of hydrogen-bond acceptors (Lipinski definition) is 8. The van der Waals surface area contributed by atoms with Crippen molar-refractivity contribution in [3.63, 3.8) is 0 Å². The number of hydrogen-bond donors (Lipinski definition) is 2. The van der Waals surface area contributed by atoms with Gasteiger partial charge in [-0.2, -0.15) is 15.0 Å². The average molecular weight is 597 g/mol. The van der Waals surface area contributed by atoms with Gasteiger partial charge in [-0.05, 0) is 54.7 Å². The zero-order chi connectivity index (χ0) is 29.9. The minimum Gasteiger partial charge on any atom is -0.487 e. The number of aromatic nitrogens is 3. The molecule has 11 nitrogen and oxygen atoms in total. The highest BCUT2D eigenvalue weighted by atomic mass is 32.2. The molecule has 1 aromatic carbocycles. The molecule has 1 aliphatic carbocycles. The predicted molar refractivity (Wildman–Crippen MR) is 145 cm³/mol. The Hall–Kier alpha value is -4.38. The number of nitrogens with zero attached hydrogens (tertiary/aromatic N) is 4. The van der Waals surface area contributed by atoms with Crippen LogP contribution in [0.4, 0.5) is 14.6 Å². The predicted octanol–water partition coefficient (Wildman–Crippen LogP) is 2.67. The number of carbonyl (C=O) groups excluding carboxylic acids is 2. The van der Waals surface area contributed by atoms with Crippen molar-refractivity contribution in [3.8, 4) is 17.6 Å². The molecule has 2 aliphatic heterocycles. The molecule has 2 atom stereocenters. The molecule has 0 bridgehead atoms. The van der Waals surface area contributed by atoms with E-state index in [1.54, 1.807) is 18.2 Å². The van der Waals surface area contributed by atoms with E-state index in [4.69, 9.17) is 4.74 Å². The molecule has 6 rings (SSSR count). The van der Waals surface area contributed by atoms with Crippen molar-refractivity contribution in [2.24, 2.45) is 5.92 Å². The number of sulfone groups is 1. The van der Waals surface area contributed by atoms with Crippen LogP contribution in [0.25, 0.3) is 5.82 Å². The summed E-state index contributed by atoms with van der Waals surface area (Å²) in [5.41, 5.74) is 1.72. The van der Waals surface area contributed by atoms with Crippen molar-refractivity contribution in [2.75, 3.05) is 23.4 Å². The molecule has 3 aliphatic rings. The maximum atomic E-state index is 13.7. The average Bonchev–Trinajstić information content (AvgIpc) is 3.60. The van der Waals surface area contributed by atoms with Gasteiger partial charge in [-0.3, -0.25) is 9.59 Å². The maximum absolute atomic E-state index is 13.7. The number of halogens is 2. The normalized spacial score (nSPS) is 22.2. The smallest absolute Gasteiger partial charge is 0.278 e. The number of alkyl halides is 2. The lowest BCUT2D eigenvalue weighted by Gasteiger charge is -2.35. The summed E-state index contributed by atoms with van der Waals surface area (Å²) in [7, 11) is -3.33. The third-order valence-electron chi connectivity index (χ3n) is 7.85. The lowest BCUT2D eigenvalue weighted by atomic mass is 9.82. The van der Waals surface area contributed by atoms with Crippen molar-refractivity contribution >= 4 is 27.5 Å². The van der Waals surface area contributed by atoms with Crippen molar-refractivity contribution in [2.45, 2.75) is 44.1 Å². The van der Waals surface area contributed by atoms with Gasteiger partial charge in [0.2, 0.25) is 5.91 Å². The van der Waals surface area contributed by atoms with Gasteiger partial charge >= 0.3 is 0 Å². The number of rotatable bonds is 6. The molecule has 1 saturated heterocycles. The molecule has 42 heavy (non-hydrogen) atoms. The second-order valence-electron chi connectivity index (χ2n) is 11.1. The molecule has 14 heteroatoms. The van der Waals surface area contributed by atoms with Gasteiger partial charge in [0.1, 0.15) is 17.4 Å². The Labute approximate surface area is 239 Å². The van der Waals surface area contributed by atoms with Crippen LogP contribution in [0.5, 0.6) is 5.75 Å². The Balaban J connectivity index is 1.36. The van der Waals surface area contributed by atoms with E-state index in [-0.39, 0.29) is 41.5 Å². The van der Waals surface area contributed by atoms with Crippen LogP contribution < -0.4 is 15.4 Å². The molecule has 2 aromatic heterocycles. The molecule has 1 unspecified atom stereocenters. The standard InChI is InChI=1S/C28H26F2N6O5S/c1-27(29,30)15-41-19-3-4-20-17(10-19)6-8-28(20)11-21-23(26(38)34-28)24(33-25(37)18-7-9-42(39,40)14-18)36(35-21)22-5-2-16(12-31)13-32-22/h2-5,10,13,18H,6-9,11,14-15H2,1H3,(H,33,37)(H,34,38)/t18?,28-/m0/s1. The molecule has 4 heterocycles. The van der Waals surface area contributed by atoms with E-state index in [2.05, 4.69) is 20.7 Å². The second-order valence-corrected chi connectivity index (χ2v) is 13.3. The lowest BCUT2D eigenvalue weighted by molar-refractivity contribution is -0.119. The van der Waals surface area contributed by atoms with Crippen molar-refractivity contribution < 1.29 is 31.5 Å². The molecule has 3 aromatic rings. The fourth-order valence-corrected chi connectivity index (χ4v) is 7.60. The summed E-state index contributed by atoms with van der Waals surface area (Å²) in [4.78, 5) is 31.2. The van der Waals surface area contributed by atoms with Crippen LogP contribution in [-0.2, 0) is 33.0 Å². The zero-order valence-corrected chi connectivity index (χ0v) is 23.3. The number of fused-ring (bicyclic) bond motifs is 3. The highest BCUT2D eigenvalue weighted by Crippen LogP contribution is 2.44. The van der Waals surface area contributed by atoms with Crippen LogP contribution in [0.15, 0.2) is 36.5 Å². The number of carbonyl (C=O) groups is 2. The fraction of sp³-hybridized carbons (Fsp3) is 0.393. The largest absolute Gasteiger partial charge is 0.487 e. The summed E-state index contributed by atoms with van der Waals surface area (Å²) in [6, 6.07) is 10.1. The minimum atomic E-state index is -3.33. The third-order valence-corrected chi connectivity index (χ3v) is 9.62. The van der Waals surface area contributed by atoms with Gasteiger partial charge in [0, 0.05) is 19.5 Å². The molecular formula is C28H26F2N6O5S. The third kappa shape index (κ3) is 5.09. The number of nitrogens with one attached hydrogen (secondary N) is 2. The van der Waals surface area contributed by atoms with Crippen LogP contribution in [0.2, 0.25) is 0 Å². The summed E-state index contributed by atoms with van der Waals surface area (Å²) in [5.74, 6) is -4.52. The Morgan fingerprint density at radius 1 is 1.33 bits per heavy atom. The molecule has 0 saturated carbocycles. The van der Waals surface area contributed by atoms with E-state index in [0.29, 0.717) is 29.8 Å². The van der Waals surface area contributed by atoms with E-state index in [9.17, 15) is 32.0 Å². The SMILES string of the molecule is CC(F)(F)COc1ccc2c(c1)CC[C@]21Cc2nn(-c3ccc(C#N)cn3)c(NC(=O)C3CCS(=O)(=O)C3)c2C(=O)N1. The Morgan fingerprint density at radius 2 is 2.14 bits per heavy atom. The van der Waals surface area contributed by atoms with Crippen molar-refractivity contribution in [1.29, 1.82) is 5.26 Å². The van der Waals surface area contributed by atoms with Gasteiger partial charge in [0.15, 0.2) is 28.1 Å². The highest BCUT2D eigenvalue weighted by Gasteiger charge is 2.47. The molecule has 1 spiro atoms. The first-order valence-corrected chi connectivity index (χ1v) is 15.1. The lowest BCUT2D eigenvalue weighted by Crippen LogP contribution is -2.50. The Morgan fingerprint density at radius 3 is 2.81 bits per heavy atom. The first-order chi connectivity index (χ1) is 19.9. The summed E-state index contributed by atoms with van der Waals surface area (Å²) in [6.45, 7) is 0.0303. The highest BCUT2D eigenvalue weighted by molar-refractivity contribution is 7.91. The van der Waals surface area contributed by atoms with Crippen LogP contribution in [0.3, 0.4) is 0 Å². The van der Waals surface area contributed by atoms with E-state index in [1.165, 1.54) is 23.0 Å². The minimum absolute atomic E-state index is 0.0614. The Kier molecular flexibility index (Phi) is 6.53. The number of pyridine rings is 1. The van der Waals surface area contributed by atoms with Crippen LogP contribution >= 0.6 is 0 Å². The number of anilines is 1. The number of amides is 2. The molecule has 218 valence electrons. The van der Waals surface area contributed by atoms with Crippen molar-refractivity contribution in [1.82, 2.24) is 20.1 Å². The van der Waals surface area contributed by atoms with E-state index in [1.807, 2.05) is 6.07 Å². The van der Waals surface area contributed by atoms with Crippen LogP contribution in [0, 0.1) is 17.2 Å². The number of ether oxygens (including phenoxy) is 1. The Bertz CT molecular complexity index is 1760. The number of benzene rings is 1. The van der Waals surface area contributed by atoms with E-state index < -0.39 is 45.6 Å². The van der Waals surface area contributed by atoms with Gasteiger partial charge < -0.3 is 15.4 Å². The fourth-order valence-electron chi connectivity index (χ4n) is 5.85.